The van der Waals surface area contributed by atoms with Crippen molar-refractivity contribution < 1.29 is 9.59 Å². The molecule has 1 aromatic carbocycles. The number of hydrogen-bond acceptors (Lipinski definition) is 4. The van der Waals surface area contributed by atoms with Gasteiger partial charge in [0.1, 0.15) is 10.7 Å². The molecule has 0 N–H and O–H groups in total. The van der Waals surface area contributed by atoms with Gasteiger partial charge < -0.3 is 9.80 Å². The first-order chi connectivity index (χ1) is 10.9. The first-order valence-corrected chi connectivity index (χ1v) is 8.20. The first kappa shape index (κ1) is 16.6. The van der Waals surface area contributed by atoms with Crippen LogP contribution < -0.4 is 4.90 Å². The lowest BCUT2D eigenvalue weighted by atomic mass is 10.2. The Kier molecular flexibility index (Phi) is 4.56. The van der Waals surface area contributed by atoms with E-state index < -0.39 is 11.8 Å². The third-order valence-electron chi connectivity index (χ3n) is 3.93. The van der Waals surface area contributed by atoms with E-state index in [4.69, 9.17) is 34.8 Å². The summed E-state index contributed by atoms with van der Waals surface area (Å²) in [4.78, 5) is 30.2. The van der Waals surface area contributed by atoms with Gasteiger partial charge in [0.25, 0.3) is 11.8 Å². The van der Waals surface area contributed by atoms with Crippen molar-refractivity contribution in [2.45, 2.75) is 0 Å². The molecule has 2 aliphatic heterocycles. The third-order valence-corrected chi connectivity index (χ3v) is 4.71. The van der Waals surface area contributed by atoms with Gasteiger partial charge in [0.15, 0.2) is 0 Å². The fourth-order valence-electron chi connectivity index (χ4n) is 2.70. The van der Waals surface area contributed by atoms with Gasteiger partial charge in [-0.05, 0) is 25.2 Å². The number of nitrogens with zero attached hydrogens (tertiary/aromatic N) is 3. The lowest BCUT2D eigenvalue weighted by Gasteiger charge is -2.34. The molecule has 1 fully saturated rings. The third kappa shape index (κ3) is 3.06. The van der Waals surface area contributed by atoms with Crippen LogP contribution in [-0.2, 0) is 9.59 Å². The summed E-state index contributed by atoms with van der Waals surface area (Å²) in [6.07, 6.45) is 0. The Bertz CT molecular complexity index is 692. The molecular weight excluding hydrogens is 361 g/mol. The molecule has 0 bridgehead atoms. The zero-order valence-corrected chi connectivity index (χ0v) is 14.6. The minimum absolute atomic E-state index is 0.0596. The van der Waals surface area contributed by atoms with Crippen LogP contribution in [0.1, 0.15) is 0 Å². The maximum absolute atomic E-state index is 12.8. The summed E-state index contributed by atoms with van der Waals surface area (Å²) in [5.74, 6) is -0.994. The van der Waals surface area contributed by atoms with Crippen LogP contribution >= 0.6 is 34.8 Å². The van der Waals surface area contributed by atoms with Gasteiger partial charge in [-0.15, -0.1) is 0 Å². The highest BCUT2D eigenvalue weighted by atomic mass is 35.5. The van der Waals surface area contributed by atoms with E-state index in [1.165, 1.54) is 18.2 Å². The predicted octanol–water partition coefficient (Wildman–Crippen LogP) is 2.56. The average molecular weight is 375 g/mol. The van der Waals surface area contributed by atoms with E-state index in [1.807, 2.05) is 11.9 Å². The first-order valence-electron chi connectivity index (χ1n) is 7.06. The smallest absolute Gasteiger partial charge is 0.283 e. The van der Waals surface area contributed by atoms with Crippen LogP contribution in [0.25, 0.3) is 0 Å². The van der Waals surface area contributed by atoms with Gasteiger partial charge in [-0.2, -0.15) is 0 Å². The normalized spacial score (nSPS) is 20.0. The number of halogens is 3. The highest BCUT2D eigenvalue weighted by Crippen LogP contribution is 2.34. The summed E-state index contributed by atoms with van der Waals surface area (Å²) in [5, 5.41) is 0.630. The van der Waals surface area contributed by atoms with E-state index in [0.29, 0.717) is 28.8 Å². The minimum Gasteiger partial charge on any atom is -0.363 e. The number of amides is 2. The van der Waals surface area contributed by atoms with E-state index in [9.17, 15) is 9.59 Å². The molecule has 0 saturated carbocycles. The van der Waals surface area contributed by atoms with Gasteiger partial charge in [0.05, 0.1) is 5.69 Å². The van der Waals surface area contributed by atoms with Crippen LogP contribution in [-0.4, -0.2) is 54.8 Å². The maximum Gasteiger partial charge on any atom is 0.283 e. The number of hydrogen-bond donors (Lipinski definition) is 0. The Hall–Kier alpha value is -1.27. The number of benzene rings is 1. The van der Waals surface area contributed by atoms with Crippen molar-refractivity contribution in [3.63, 3.8) is 0 Å². The molecule has 0 aromatic heterocycles. The van der Waals surface area contributed by atoms with E-state index in [0.717, 1.165) is 18.0 Å². The van der Waals surface area contributed by atoms with Crippen LogP contribution in [0.3, 0.4) is 0 Å². The highest BCUT2D eigenvalue weighted by Gasteiger charge is 2.41. The van der Waals surface area contributed by atoms with Gasteiger partial charge in [-0.3, -0.25) is 9.59 Å². The monoisotopic (exact) mass is 373 g/mol. The van der Waals surface area contributed by atoms with Gasteiger partial charge in [0, 0.05) is 36.2 Å². The van der Waals surface area contributed by atoms with Crippen molar-refractivity contribution in [3.8, 4) is 0 Å². The van der Waals surface area contributed by atoms with Crippen LogP contribution in [0.15, 0.2) is 28.9 Å². The van der Waals surface area contributed by atoms with E-state index in [1.54, 1.807) is 0 Å². The average Bonchev–Trinajstić information content (AvgIpc) is 2.69. The molecule has 1 aromatic rings. The standard InChI is InChI=1S/C15H14Cl3N3O2/c1-19-2-4-20(5-3-19)13-12(18)14(22)21(15(13)23)11-7-9(16)6-10(17)8-11/h6-8H,2-5H2,1H3. The van der Waals surface area contributed by atoms with Gasteiger partial charge in [-0.25, -0.2) is 4.90 Å². The second kappa shape index (κ2) is 6.32. The number of imide groups is 1. The Balaban J connectivity index is 1.92. The fraction of sp³-hybridized carbons (Fsp3) is 0.333. The molecular formula is C15H14Cl3N3O2. The fourth-order valence-corrected chi connectivity index (χ4v) is 3.50. The quantitative estimate of drug-likeness (QED) is 0.746. The highest BCUT2D eigenvalue weighted by molar-refractivity contribution is 6.52. The second-order valence-electron chi connectivity index (χ2n) is 5.53. The molecule has 0 atom stereocenters. The summed E-state index contributed by atoms with van der Waals surface area (Å²) >= 11 is 18.1. The Labute approximate surface area is 149 Å². The van der Waals surface area contributed by atoms with Gasteiger partial charge >= 0.3 is 0 Å². The lowest BCUT2D eigenvalue weighted by Crippen LogP contribution is -2.46. The van der Waals surface area contributed by atoms with Crippen molar-refractivity contribution in [1.29, 1.82) is 0 Å². The molecule has 0 radical (unpaired) electrons. The molecule has 0 unspecified atom stereocenters. The van der Waals surface area contributed by atoms with Crippen molar-refractivity contribution >= 4 is 52.3 Å². The van der Waals surface area contributed by atoms with Crippen LogP contribution in [0.4, 0.5) is 5.69 Å². The summed E-state index contributed by atoms with van der Waals surface area (Å²) in [5.41, 5.74) is 0.570. The summed E-state index contributed by atoms with van der Waals surface area (Å²) < 4.78 is 0. The molecule has 5 nitrogen and oxygen atoms in total. The number of anilines is 1. The van der Waals surface area contributed by atoms with Crippen LogP contribution in [0.5, 0.6) is 0 Å². The molecule has 23 heavy (non-hydrogen) atoms. The molecule has 3 rings (SSSR count). The summed E-state index contributed by atoms with van der Waals surface area (Å²) in [6.45, 7) is 2.90. The lowest BCUT2D eigenvalue weighted by molar-refractivity contribution is -0.121. The topological polar surface area (TPSA) is 43.9 Å². The Morgan fingerprint density at radius 3 is 2.00 bits per heavy atom. The molecule has 1 saturated heterocycles. The number of likely N-dealkylation sites (N-methyl/N-ethyl adjacent to an activating group) is 1. The summed E-state index contributed by atoms with van der Waals surface area (Å²) in [7, 11) is 2.01. The number of piperazine rings is 1. The SMILES string of the molecule is CN1CCN(C2=C(Cl)C(=O)N(c3cc(Cl)cc(Cl)c3)C2=O)CC1. The molecule has 2 amide bonds. The predicted molar refractivity (Wildman–Crippen MR) is 90.9 cm³/mol. The number of carbonyl (C=O) groups is 2. The molecule has 0 aliphatic carbocycles. The molecule has 0 spiro atoms. The Morgan fingerprint density at radius 1 is 0.870 bits per heavy atom. The largest absolute Gasteiger partial charge is 0.363 e. The summed E-state index contributed by atoms with van der Waals surface area (Å²) in [6, 6.07) is 4.56. The maximum atomic E-state index is 12.8. The van der Waals surface area contributed by atoms with Crippen molar-refractivity contribution in [1.82, 2.24) is 9.80 Å². The zero-order chi connectivity index (χ0) is 16.7. The molecule has 122 valence electrons. The number of carbonyl (C=O) groups excluding carboxylic acids is 2. The minimum atomic E-state index is -0.552. The second-order valence-corrected chi connectivity index (χ2v) is 6.78. The van der Waals surface area contributed by atoms with Crippen LogP contribution in [0, 0.1) is 0 Å². The zero-order valence-electron chi connectivity index (χ0n) is 12.4. The van der Waals surface area contributed by atoms with E-state index in [2.05, 4.69) is 4.90 Å². The van der Waals surface area contributed by atoms with E-state index in [-0.39, 0.29) is 10.7 Å². The van der Waals surface area contributed by atoms with Crippen molar-refractivity contribution in [2.75, 3.05) is 38.1 Å². The van der Waals surface area contributed by atoms with Gasteiger partial charge in [0.2, 0.25) is 0 Å². The van der Waals surface area contributed by atoms with E-state index >= 15 is 0 Å². The van der Waals surface area contributed by atoms with Crippen molar-refractivity contribution in [3.05, 3.63) is 39.0 Å². The van der Waals surface area contributed by atoms with Gasteiger partial charge in [-0.1, -0.05) is 34.8 Å². The van der Waals surface area contributed by atoms with Crippen LogP contribution in [0.2, 0.25) is 10.0 Å². The molecule has 2 heterocycles. The van der Waals surface area contributed by atoms with Crippen molar-refractivity contribution in [2.24, 2.45) is 0 Å². The number of rotatable bonds is 2. The molecule has 8 heteroatoms. The Morgan fingerprint density at radius 2 is 1.43 bits per heavy atom. The molecule has 2 aliphatic rings.